The molecule has 1 aliphatic rings. The van der Waals surface area contributed by atoms with Gasteiger partial charge in [-0.25, -0.2) is 8.42 Å². The molecule has 2 aromatic carbocycles. The quantitative estimate of drug-likeness (QED) is 0.743. The summed E-state index contributed by atoms with van der Waals surface area (Å²) in [5.41, 5.74) is 1.82. The molecule has 1 aliphatic heterocycles. The van der Waals surface area contributed by atoms with E-state index in [9.17, 15) is 13.2 Å². The monoisotopic (exact) mass is 436 g/mol. The number of para-hydroxylation sites is 1. The molecule has 0 aromatic heterocycles. The molecule has 0 saturated carbocycles. The number of rotatable bonds is 6. The number of hydrogen-bond acceptors (Lipinski definition) is 4. The highest BCUT2D eigenvalue weighted by Gasteiger charge is 2.35. The van der Waals surface area contributed by atoms with Crippen LogP contribution in [0.15, 0.2) is 47.4 Å². The van der Waals surface area contributed by atoms with E-state index in [4.69, 9.17) is 16.3 Å². The van der Waals surface area contributed by atoms with Gasteiger partial charge in [0.25, 0.3) is 0 Å². The molecular weight excluding hydrogens is 412 g/mol. The van der Waals surface area contributed by atoms with Gasteiger partial charge in [-0.05, 0) is 49.1 Å². The lowest BCUT2D eigenvalue weighted by Crippen LogP contribution is -2.43. The lowest BCUT2D eigenvalue weighted by Gasteiger charge is -2.31. The fourth-order valence-electron chi connectivity index (χ4n) is 3.55. The van der Waals surface area contributed by atoms with Crippen LogP contribution in [-0.4, -0.2) is 38.8 Å². The molecule has 0 bridgehead atoms. The number of ether oxygens (including phenoxy) is 1. The highest BCUT2D eigenvalue weighted by atomic mass is 35.5. The molecule has 1 amide bonds. The number of aryl methyl sites for hydroxylation is 1. The van der Waals surface area contributed by atoms with E-state index in [1.807, 2.05) is 31.2 Å². The molecule has 2 aromatic rings. The molecule has 1 heterocycles. The Hall–Kier alpha value is -2.09. The van der Waals surface area contributed by atoms with Gasteiger partial charge in [0, 0.05) is 23.8 Å². The van der Waals surface area contributed by atoms with Gasteiger partial charge >= 0.3 is 0 Å². The Balaban J connectivity index is 1.80. The molecule has 1 fully saturated rings. The van der Waals surface area contributed by atoms with Gasteiger partial charge < -0.3 is 10.1 Å². The van der Waals surface area contributed by atoms with Crippen molar-refractivity contribution in [1.29, 1.82) is 0 Å². The van der Waals surface area contributed by atoms with Crippen LogP contribution in [-0.2, 0) is 21.2 Å². The molecule has 1 saturated heterocycles. The molecule has 0 aliphatic carbocycles. The van der Waals surface area contributed by atoms with Gasteiger partial charge in [0.2, 0.25) is 15.9 Å². The molecule has 1 N–H and O–H groups in total. The van der Waals surface area contributed by atoms with E-state index in [-0.39, 0.29) is 23.1 Å². The second-order valence-corrected chi connectivity index (χ2v) is 9.34. The molecule has 156 valence electrons. The molecule has 0 spiro atoms. The standard InChI is InChI=1S/C21H25ClN2O4S/c1-3-15-7-4-5-9-18(15)23-21(25)16-8-6-12-24(14-16)29(26,27)20-13-17(22)10-11-19(20)28-2/h4-5,7,9-11,13,16H,3,6,8,12,14H2,1-2H3,(H,23,25)/t16-/m1/s1. The van der Waals surface area contributed by atoms with Crippen LogP contribution in [0.25, 0.3) is 0 Å². The van der Waals surface area contributed by atoms with Gasteiger partial charge in [-0.15, -0.1) is 0 Å². The number of carbonyl (C=O) groups excluding carboxylic acids is 1. The van der Waals surface area contributed by atoms with Gasteiger partial charge in [-0.3, -0.25) is 4.79 Å². The molecule has 8 heteroatoms. The van der Waals surface area contributed by atoms with Crippen LogP contribution in [0.4, 0.5) is 5.69 Å². The number of methoxy groups -OCH3 is 1. The number of carbonyl (C=O) groups is 1. The van der Waals surface area contributed by atoms with Gasteiger partial charge in [0.1, 0.15) is 10.6 Å². The summed E-state index contributed by atoms with van der Waals surface area (Å²) in [5, 5.41) is 3.28. The van der Waals surface area contributed by atoms with Gasteiger partial charge in [0.15, 0.2) is 0 Å². The van der Waals surface area contributed by atoms with Gasteiger partial charge in [0.05, 0.1) is 13.0 Å². The van der Waals surface area contributed by atoms with Crippen molar-refractivity contribution in [2.75, 3.05) is 25.5 Å². The highest BCUT2D eigenvalue weighted by Crippen LogP contribution is 2.32. The van der Waals surface area contributed by atoms with Crippen LogP contribution >= 0.6 is 11.6 Å². The minimum absolute atomic E-state index is 0.0184. The van der Waals surface area contributed by atoms with Gasteiger partial charge in [-0.2, -0.15) is 4.31 Å². The maximum Gasteiger partial charge on any atom is 0.246 e. The van der Waals surface area contributed by atoms with Crippen LogP contribution in [0.1, 0.15) is 25.3 Å². The van der Waals surface area contributed by atoms with E-state index in [2.05, 4.69) is 5.32 Å². The first-order valence-electron chi connectivity index (χ1n) is 9.59. The van der Waals surface area contributed by atoms with Crippen molar-refractivity contribution in [3.05, 3.63) is 53.1 Å². The first-order valence-corrected chi connectivity index (χ1v) is 11.4. The normalized spacial score (nSPS) is 17.7. The number of anilines is 1. The SMILES string of the molecule is CCc1ccccc1NC(=O)[C@@H]1CCCN(S(=O)(=O)c2cc(Cl)ccc2OC)C1. The summed E-state index contributed by atoms with van der Waals surface area (Å²) in [4.78, 5) is 12.9. The van der Waals surface area contributed by atoms with Crippen LogP contribution in [0.2, 0.25) is 5.02 Å². The fourth-order valence-corrected chi connectivity index (χ4v) is 5.49. The number of nitrogens with zero attached hydrogens (tertiary/aromatic N) is 1. The Labute approximate surface area is 176 Å². The van der Waals surface area contributed by atoms with Crippen molar-refractivity contribution < 1.29 is 17.9 Å². The predicted molar refractivity (Wildman–Crippen MR) is 114 cm³/mol. The zero-order chi connectivity index (χ0) is 21.0. The third-order valence-electron chi connectivity index (χ3n) is 5.15. The van der Waals surface area contributed by atoms with Crippen molar-refractivity contribution in [3.63, 3.8) is 0 Å². The third kappa shape index (κ3) is 4.74. The summed E-state index contributed by atoms with van der Waals surface area (Å²) in [6, 6.07) is 12.1. The Morgan fingerprint density at radius 1 is 1.28 bits per heavy atom. The molecule has 1 atom stereocenters. The van der Waals surface area contributed by atoms with Crippen LogP contribution in [0, 0.1) is 5.92 Å². The fraction of sp³-hybridized carbons (Fsp3) is 0.381. The second kappa shape index (κ2) is 9.15. The third-order valence-corrected chi connectivity index (χ3v) is 7.28. The predicted octanol–water partition coefficient (Wildman–Crippen LogP) is 3.95. The number of piperidine rings is 1. The minimum atomic E-state index is -3.84. The zero-order valence-corrected chi connectivity index (χ0v) is 18.1. The van der Waals surface area contributed by atoms with E-state index in [1.165, 1.54) is 23.5 Å². The summed E-state index contributed by atoms with van der Waals surface area (Å²) in [6.45, 7) is 2.50. The second-order valence-electron chi connectivity index (χ2n) is 7.00. The maximum atomic E-state index is 13.2. The minimum Gasteiger partial charge on any atom is -0.495 e. The average molecular weight is 437 g/mol. The molecule has 6 nitrogen and oxygen atoms in total. The largest absolute Gasteiger partial charge is 0.495 e. The maximum absolute atomic E-state index is 13.2. The zero-order valence-electron chi connectivity index (χ0n) is 16.5. The summed E-state index contributed by atoms with van der Waals surface area (Å²) in [7, 11) is -2.42. The Morgan fingerprint density at radius 2 is 2.03 bits per heavy atom. The van der Waals surface area contributed by atoms with Crippen molar-refractivity contribution in [2.45, 2.75) is 31.1 Å². The number of sulfonamides is 1. The molecule has 3 rings (SSSR count). The number of nitrogens with one attached hydrogen (secondary N) is 1. The summed E-state index contributed by atoms with van der Waals surface area (Å²) < 4.78 is 33.0. The first-order chi connectivity index (χ1) is 13.9. The number of hydrogen-bond donors (Lipinski definition) is 1. The first kappa shape index (κ1) is 21.6. The summed E-state index contributed by atoms with van der Waals surface area (Å²) in [5.74, 6) is -0.352. The lowest BCUT2D eigenvalue weighted by molar-refractivity contribution is -0.120. The van der Waals surface area contributed by atoms with E-state index < -0.39 is 15.9 Å². The van der Waals surface area contributed by atoms with Gasteiger partial charge in [-0.1, -0.05) is 36.7 Å². The highest BCUT2D eigenvalue weighted by molar-refractivity contribution is 7.89. The van der Waals surface area contributed by atoms with Crippen molar-refractivity contribution in [3.8, 4) is 5.75 Å². The van der Waals surface area contributed by atoms with Crippen LogP contribution in [0.5, 0.6) is 5.75 Å². The smallest absolute Gasteiger partial charge is 0.246 e. The molecule has 0 unspecified atom stereocenters. The van der Waals surface area contributed by atoms with E-state index in [0.717, 1.165) is 17.7 Å². The molecule has 29 heavy (non-hydrogen) atoms. The summed E-state index contributed by atoms with van der Waals surface area (Å²) >= 11 is 6.01. The van der Waals surface area contributed by atoms with Crippen molar-refractivity contribution >= 4 is 33.2 Å². The number of benzene rings is 2. The Kier molecular flexibility index (Phi) is 6.82. The lowest BCUT2D eigenvalue weighted by atomic mass is 9.98. The van der Waals surface area contributed by atoms with E-state index in [1.54, 1.807) is 6.07 Å². The van der Waals surface area contributed by atoms with E-state index in [0.29, 0.717) is 24.4 Å². The summed E-state index contributed by atoms with van der Waals surface area (Å²) in [6.07, 6.45) is 2.05. The van der Waals surface area contributed by atoms with Crippen LogP contribution in [0.3, 0.4) is 0 Å². The van der Waals surface area contributed by atoms with Crippen molar-refractivity contribution in [1.82, 2.24) is 4.31 Å². The van der Waals surface area contributed by atoms with Crippen molar-refractivity contribution in [2.24, 2.45) is 5.92 Å². The van der Waals surface area contributed by atoms with E-state index >= 15 is 0 Å². The molecular formula is C21H25ClN2O4S. The van der Waals surface area contributed by atoms with Crippen LogP contribution < -0.4 is 10.1 Å². The Bertz CT molecular complexity index is 994. The topological polar surface area (TPSA) is 75.7 Å². The molecule has 0 radical (unpaired) electrons. The number of halogens is 1. The number of amides is 1. The Morgan fingerprint density at radius 3 is 2.76 bits per heavy atom. The average Bonchev–Trinajstić information content (AvgIpc) is 2.74.